The van der Waals surface area contributed by atoms with E-state index in [0.717, 1.165) is 46.4 Å². The third-order valence-electron chi connectivity index (χ3n) is 7.51. The number of anilines is 1. The van der Waals surface area contributed by atoms with Gasteiger partial charge in [0.2, 0.25) is 0 Å². The third-order valence-corrected chi connectivity index (χ3v) is 8.04. The fourth-order valence-electron chi connectivity index (χ4n) is 5.72. The van der Waals surface area contributed by atoms with Crippen LogP contribution in [0.1, 0.15) is 30.9 Å². The van der Waals surface area contributed by atoms with Crippen molar-refractivity contribution in [3.63, 3.8) is 0 Å². The molecule has 2 aliphatic rings. The van der Waals surface area contributed by atoms with Gasteiger partial charge in [-0.05, 0) is 82.3 Å². The molecular formula is C26H33BrN2O3. The van der Waals surface area contributed by atoms with Crippen molar-refractivity contribution in [1.82, 2.24) is 4.90 Å². The summed E-state index contributed by atoms with van der Waals surface area (Å²) in [4.78, 5) is 2.40. The number of methoxy groups -OCH3 is 2. The van der Waals surface area contributed by atoms with Crippen LogP contribution in [-0.2, 0) is 10.2 Å². The van der Waals surface area contributed by atoms with Crippen LogP contribution in [0.3, 0.4) is 0 Å². The van der Waals surface area contributed by atoms with Crippen LogP contribution in [0.4, 0.5) is 5.69 Å². The Balaban J connectivity index is 1.85. The second-order valence-electron chi connectivity index (χ2n) is 9.14. The lowest BCUT2D eigenvalue weighted by atomic mass is 9.57. The summed E-state index contributed by atoms with van der Waals surface area (Å²) in [6.07, 6.45) is 4.07. The van der Waals surface area contributed by atoms with E-state index < -0.39 is 0 Å². The van der Waals surface area contributed by atoms with Crippen molar-refractivity contribution in [3.05, 3.63) is 63.8 Å². The number of hydrogen-bond donors (Lipinski definition) is 2. The van der Waals surface area contributed by atoms with Gasteiger partial charge in [0.15, 0.2) is 11.5 Å². The molecule has 0 spiro atoms. The summed E-state index contributed by atoms with van der Waals surface area (Å²) in [5.41, 5.74) is 2.92. The van der Waals surface area contributed by atoms with E-state index in [0.29, 0.717) is 11.8 Å². The molecule has 2 N–H and O–H groups in total. The number of hydrogen-bond acceptors (Lipinski definition) is 5. The van der Waals surface area contributed by atoms with E-state index in [4.69, 9.17) is 9.47 Å². The molecule has 0 radical (unpaired) electrons. The highest BCUT2D eigenvalue weighted by Gasteiger charge is 2.52. The minimum Gasteiger partial charge on any atom is -0.504 e. The minimum absolute atomic E-state index is 0.00182. The number of piperidine rings is 1. The maximum absolute atomic E-state index is 11.3. The highest BCUT2D eigenvalue weighted by Crippen LogP contribution is 2.55. The van der Waals surface area contributed by atoms with Crippen molar-refractivity contribution >= 4 is 21.6 Å². The summed E-state index contributed by atoms with van der Waals surface area (Å²) >= 11 is 3.51. The first-order valence-corrected chi connectivity index (χ1v) is 11.9. The summed E-state index contributed by atoms with van der Waals surface area (Å²) in [7, 11) is 5.54. The summed E-state index contributed by atoms with van der Waals surface area (Å²) < 4.78 is 12.5. The number of nitrogens with one attached hydrogen (secondary N) is 1. The van der Waals surface area contributed by atoms with Gasteiger partial charge in [0.05, 0.1) is 20.3 Å². The summed E-state index contributed by atoms with van der Waals surface area (Å²) in [6, 6.07) is 12.4. The maximum atomic E-state index is 11.3. The number of fused-ring (bicyclic) bond motifs is 1. The quantitative estimate of drug-likeness (QED) is 0.570. The van der Waals surface area contributed by atoms with Crippen molar-refractivity contribution in [1.29, 1.82) is 0 Å². The van der Waals surface area contributed by atoms with Crippen LogP contribution in [0.25, 0.3) is 0 Å². The molecule has 1 aliphatic carbocycles. The number of phenolic OH excluding ortho intramolecular Hbond substituents is 1. The Morgan fingerprint density at radius 1 is 1.12 bits per heavy atom. The second-order valence-corrected chi connectivity index (χ2v) is 10.1. The van der Waals surface area contributed by atoms with Gasteiger partial charge in [-0.2, -0.15) is 0 Å². The normalized spacial score (nSPS) is 27.9. The molecule has 0 bridgehead atoms. The van der Waals surface area contributed by atoms with Crippen LogP contribution < -0.4 is 10.1 Å². The molecule has 2 aromatic carbocycles. The first-order valence-electron chi connectivity index (χ1n) is 11.2. The van der Waals surface area contributed by atoms with E-state index in [-0.39, 0.29) is 23.1 Å². The number of halogens is 1. The summed E-state index contributed by atoms with van der Waals surface area (Å²) in [5.74, 6) is 1.96. The van der Waals surface area contributed by atoms with Crippen LogP contribution in [0.5, 0.6) is 11.5 Å². The SMILES string of the molecule is COC1=CC2C(C)N(C)CCC2(c2c(C)ccc(OC)c2O)CC1Nc1ccc(Br)cc1. The topological polar surface area (TPSA) is 54.0 Å². The molecule has 1 aliphatic heterocycles. The van der Waals surface area contributed by atoms with Gasteiger partial charge in [-0.1, -0.05) is 22.0 Å². The van der Waals surface area contributed by atoms with Crippen molar-refractivity contribution < 1.29 is 14.6 Å². The highest BCUT2D eigenvalue weighted by molar-refractivity contribution is 9.10. The fraction of sp³-hybridized carbons (Fsp3) is 0.462. The first-order chi connectivity index (χ1) is 15.3. The first kappa shape index (κ1) is 23.0. The molecule has 1 fully saturated rings. The number of nitrogens with zero attached hydrogens (tertiary/aromatic N) is 1. The minimum atomic E-state index is -0.232. The van der Waals surface area contributed by atoms with Gasteiger partial charge in [-0.15, -0.1) is 0 Å². The van der Waals surface area contributed by atoms with Crippen LogP contribution in [-0.4, -0.2) is 49.9 Å². The number of ether oxygens (including phenoxy) is 2. The van der Waals surface area contributed by atoms with Gasteiger partial charge in [0.1, 0.15) is 5.76 Å². The van der Waals surface area contributed by atoms with Crippen molar-refractivity contribution in [2.24, 2.45) is 5.92 Å². The smallest absolute Gasteiger partial charge is 0.161 e. The van der Waals surface area contributed by atoms with Crippen LogP contribution in [0.2, 0.25) is 0 Å². The molecule has 172 valence electrons. The van der Waals surface area contributed by atoms with Gasteiger partial charge in [-0.25, -0.2) is 0 Å². The summed E-state index contributed by atoms with van der Waals surface area (Å²) in [6.45, 7) is 5.34. The Bertz CT molecular complexity index is 1010. The third kappa shape index (κ3) is 3.88. The Kier molecular flexibility index (Phi) is 6.46. The van der Waals surface area contributed by atoms with Crippen molar-refractivity contribution in [2.75, 3.05) is 33.1 Å². The van der Waals surface area contributed by atoms with Crippen LogP contribution in [0, 0.1) is 12.8 Å². The molecular weight excluding hydrogens is 468 g/mol. The zero-order valence-electron chi connectivity index (χ0n) is 19.5. The predicted molar refractivity (Wildman–Crippen MR) is 133 cm³/mol. The van der Waals surface area contributed by atoms with E-state index >= 15 is 0 Å². The zero-order chi connectivity index (χ0) is 23.0. The van der Waals surface area contributed by atoms with E-state index in [9.17, 15) is 5.11 Å². The Hall–Kier alpha value is -2.18. The number of aryl methyl sites for hydroxylation is 1. The largest absolute Gasteiger partial charge is 0.504 e. The molecule has 0 aromatic heterocycles. The lowest BCUT2D eigenvalue weighted by molar-refractivity contribution is 0.0544. The molecule has 1 heterocycles. The summed E-state index contributed by atoms with van der Waals surface area (Å²) in [5, 5.41) is 15.0. The monoisotopic (exact) mass is 500 g/mol. The maximum Gasteiger partial charge on any atom is 0.161 e. The van der Waals surface area contributed by atoms with Crippen LogP contribution >= 0.6 is 15.9 Å². The molecule has 2 aromatic rings. The molecule has 6 heteroatoms. The van der Waals surface area contributed by atoms with Gasteiger partial charge >= 0.3 is 0 Å². The molecule has 4 atom stereocenters. The molecule has 5 nitrogen and oxygen atoms in total. The van der Waals surface area contributed by atoms with Gasteiger partial charge in [0, 0.05) is 33.1 Å². The lowest BCUT2D eigenvalue weighted by Gasteiger charge is -2.54. The number of rotatable bonds is 5. The Labute approximate surface area is 199 Å². The van der Waals surface area contributed by atoms with Crippen molar-refractivity contribution in [3.8, 4) is 11.5 Å². The number of aromatic hydroxyl groups is 1. The molecule has 4 unspecified atom stereocenters. The molecule has 1 saturated heterocycles. The van der Waals surface area contributed by atoms with E-state index in [2.05, 4.69) is 71.3 Å². The van der Waals surface area contributed by atoms with Gasteiger partial charge in [-0.3, -0.25) is 0 Å². The van der Waals surface area contributed by atoms with Gasteiger partial charge in [0.25, 0.3) is 0 Å². The standard InChI is InChI=1S/C26H33BrN2O3/c1-16-6-11-22(31-4)25(30)24(16)26-12-13-29(3)17(2)20(26)14-23(32-5)21(15-26)28-19-9-7-18(27)8-10-19/h6-11,14,17,20-21,28,30H,12-13,15H2,1-5H3. The molecule has 4 rings (SSSR count). The molecule has 0 saturated carbocycles. The van der Waals surface area contributed by atoms with Gasteiger partial charge < -0.3 is 24.8 Å². The number of likely N-dealkylation sites (tertiary alicyclic amines) is 1. The number of phenols is 1. The molecule has 0 amide bonds. The zero-order valence-corrected chi connectivity index (χ0v) is 21.1. The second kappa shape index (κ2) is 8.99. The van der Waals surface area contributed by atoms with E-state index in [1.807, 2.05) is 18.2 Å². The Morgan fingerprint density at radius 2 is 1.84 bits per heavy atom. The van der Waals surface area contributed by atoms with Crippen molar-refractivity contribution in [2.45, 2.75) is 44.2 Å². The fourth-order valence-corrected chi connectivity index (χ4v) is 5.98. The van der Waals surface area contributed by atoms with Crippen LogP contribution in [0.15, 0.2) is 52.7 Å². The predicted octanol–water partition coefficient (Wildman–Crippen LogP) is 5.46. The lowest BCUT2D eigenvalue weighted by Crippen LogP contribution is -2.57. The Morgan fingerprint density at radius 3 is 2.50 bits per heavy atom. The number of benzene rings is 2. The van der Waals surface area contributed by atoms with E-state index in [1.165, 1.54) is 0 Å². The highest BCUT2D eigenvalue weighted by atomic mass is 79.9. The molecule has 32 heavy (non-hydrogen) atoms. The van der Waals surface area contributed by atoms with E-state index in [1.54, 1.807) is 14.2 Å². The average molecular weight is 501 g/mol. The average Bonchev–Trinajstić information content (AvgIpc) is 2.78.